The van der Waals surface area contributed by atoms with Gasteiger partial charge in [0.2, 0.25) is 0 Å². The van der Waals surface area contributed by atoms with Crippen LogP contribution in [0.25, 0.3) is 6.08 Å². The van der Waals surface area contributed by atoms with Gasteiger partial charge in [0.05, 0.1) is 12.0 Å². The number of imidazole rings is 1. The van der Waals surface area contributed by atoms with Gasteiger partial charge < -0.3 is 9.67 Å². The summed E-state index contributed by atoms with van der Waals surface area (Å²) in [4.78, 5) is 8.77. The molecule has 1 heterocycles. The molecule has 0 aliphatic rings. The number of rotatable bonds is 7. The number of benzene rings is 2. The number of para-hydroxylation sites is 1. The molecule has 0 bridgehead atoms. The molecule has 0 saturated carbocycles. The molecule has 2 aromatic carbocycles. The SMILES string of the molecule is Cc1ccc(/C=C/C(=NCCCn2ccnc2)c2ccccc2O)cc1.[Cl][Cu]. The Labute approximate surface area is 178 Å². The summed E-state index contributed by atoms with van der Waals surface area (Å²) in [5, 5.41) is 10.2. The Balaban J connectivity index is 0.00000136. The van der Waals surface area contributed by atoms with Crippen molar-refractivity contribution in [1.82, 2.24) is 9.55 Å². The molecule has 28 heavy (non-hydrogen) atoms. The van der Waals surface area contributed by atoms with Crippen LogP contribution in [0.1, 0.15) is 23.1 Å². The molecule has 0 unspecified atom stereocenters. The first-order valence-electron chi connectivity index (χ1n) is 8.87. The van der Waals surface area contributed by atoms with Crippen molar-refractivity contribution in [3.63, 3.8) is 0 Å². The summed E-state index contributed by atoms with van der Waals surface area (Å²) in [6, 6.07) is 15.6. The molecule has 0 atom stereocenters. The number of phenols is 1. The van der Waals surface area contributed by atoms with Gasteiger partial charge >= 0.3 is 25.2 Å². The number of hydrogen-bond acceptors (Lipinski definition) is 3. The van der Waals surface area contributed by atoms with E-state index in [0.29, 0.717) is 6.54 Å². The molecule has 0 aliphatic heterocycles. The van der Waals surface area contributed by atoms with Crippen molar-refractivity contribution in [3.05, 3.63) is 90.0 Å². The first kappa shape index (κ1) is 22.0. The van der Waals surface area contributed by atoms with E-state index < -0.39 is 0 Å². The second-order valence-corrected chi connectivity index (χ2v) is 6.18. The fraction of sp³-hybridized carbons (Fsp3) is 0.182. The van der Waals surface area contributed by atoms with Gasteiger partial charge in [-0.1, -0.05) is 48.0 Å². The van der Waals surface area contributed by atoms with Gasteiger partial charge in [-0.25, -0.2) is 4.98 Å². The van der Waals surface area contributed by atoms with Crippen molar-refractivity contribution in [1.29, 1.82) is 0 Å². The van der Waals surface area contributed by atoms with E-state index in [0.717, 1.165) is 29.8 Å². The standard InChI is InChI=1S/C22H23N3O.ClH.Cu/c1-18-7-9-19(10-8-18)11-12-21(20-5-2-3-6-22(20)26)24-13-4-15-25-16-14-23-17-25;;/h2-3,5-12,14,16-17,26H,4,13,15H2,1H3;1H;/q;;+1/p-1/b12-11+,24-21?;;. The van der Waals surface area contributed by atoms with E-state index in [2.05, 4.69) is 61.4 Å². The third-order valence-electron chi connectivity index (χ3n) is 4.11. The first-order chi connectivity index (χ1) is 13.7. The molecular weight excluding hydrogens is 421 g/mol. The average molecular weight is 444 g/mol. The Kier molecular flexibility index (Phi) is 9.56. The van der Waals surface area contributed by atoms with Gasteiger partial charge in [-0.15, -0.1) is 0 Å². The minimum atomic E-state index is 0.245. The number of nitrogens with zero attached hydrogens (tertiary/aromatic N) is 3. The van der Waals surface area contributed by atoms with E-state index in [1.807, 2.05) is 47.4 Å². The molecule has 0 fully saturated rings. The van der Waals surface area contributed by atoms with Gasteiger partial charge in [-0.05, 0) is 37.1 Å². The van der Waals surface area contributed by atoms with Gasteiger partial charge in [0.25, 0.3) is 0 Å². The van der Waals surface area contributed by atoms with E-state index in [9.17, 15) is 5.11 Å². The number of aromatic nitrogens is 2. The molecule has 3 rings (SSSR count). The Bertz CT molecular complexity index is 890. The van der Waals surface area contributed by atoms with Gasteiger partial charge in [-0.2, -0.15) is 0 Å². The van der Waals surface area contributed by atoms with Crippen LogP contribution in [0.2, 0.25) is 0 Å². The third-order valence-corrected chi connectivity index (χ3v) is 4.11. The van der Waals surface area contributed by atoms with E-state index in [1.54, 1.807) is 12.3 Å². The summed E-state index contributed by atoms with van der Waals surface area (Å²) < 4.78 is 2.04. The molecule has 1 aromatic heterocycles. The molecule has 3 aromatic rings. The zero-order valence-electron chi connectivity index (χ0n) is 15.6. The van der Waals surface area contributed by atoms with Crippen molar-refractivity contribution >= 4 is 21.9 Å². The monoisotopic (exact) mass is 443 g/mol. The Morgan fingerprint density at radius 1 is 1.18 bits per heavy atom. The van der Waals surface area contributed by atoms with Crippen molar-refractivity contribution in [3.8, 4) is 5.75 Å². The summed E-state index contributed by atoms with van der Waals surface area (Å²) in [6.45, 7) is 3.63. The molecule has 0 aliphatic carbocycles. The number of phenolic OH excluding ortho intramolecular Hbond substituents is 1. The quantitative estimate of drug-likeness (QED) is 0.310. The van der Waals surface area contributed by atoms with E-state index in [4.69, 9.17) is 4.99 Å². The van der Waals surface area contributed by atoms with Crippen LogP contribution in [-0.2, 0) is 21.6 Å². The van der Waals surface area contributed by atoms with E-state index >= 15 is 0 Å². The fourth-order valence-corrected chi connectivity index (χ4v) is 2.64. The second-order valence-electron chi connectivity index (χ2n) is 6.18. The summed E-state index contributed by atoms with van der Waals surface area (Å²) in [7, 11) is 4.20. The number of aryl methyl sites for hydroxylation is 2. The molecule has 4 nitrogen and oxygen atoms in total. The van der Waals surface area contributed by atoms with Crippen LogP contribution in [0.4, 0.5) is 0 Å². The Hall–Kier alpha value is -2.33. The van der Waals surface area contributed by atoms with Gasteiger partial charge in [0, 0.05) is 31.0 Å². The molecule has 150 valence electrons. The second kappa shape index (κ2) is 12.2. The molecule has 0 spiro atoms. The third kappa shape index (κ3) is 7.01. The van der Waals surface area contributed by atoms with Gasteiger partial charge in [0.15, 0.2) is 0 Å². The summed E-state index contributed by atoms with van der Waals surface area (Å²) in [5.41, 5.74) is 3.88. The van der Waals surface area contributed by atoms with Crippen molar-refractivity contribution in [2.75, 3.05) is 6.54 Å². The van der Waals surface area contributed by atoms with Crippen LogP contribution in [0.5, 0.6) is 5.75 Å². The van der Waals surface area contributed by atoms with Gasteiger partial charge in [0.1, 0.15) is 5.75 Å². The fourth-order valence-electron chi connectivity index (χ4n) is 2.64. The summed E-state index contributed by atoms with van der Waals surface area (Å²) >= 11 is 3.66. The molecule has 0 amide bonds. The number of aromatic hydroxyl groups is 1. The molecule has 0 saturated heterocycles. The van der Waals surface area contributed by atoms with Crippen LogP contribution >= 0.6 is 10.1 Å². The van der Waals surface area contributed by atoms with Gasteiger partial charge in [-0.3, -0.25) is 4.99 Å². The number of halogens is 1. The maximum atomic E-state index is 10.2. The van der Waals surface area contributed by atoms with Crippen LogP contribution in [0.3, 0.4) is 0 Å². The number of aliphatic imine (C=N–C) groups is 1. The number of allylic oxidation sites excluding steroid dienone is 1. The zero-order valence-corrected chi connectivity index (χ0v) is 17.3. The molecule has 6 heteroatoms. The van der Waals surface area contributed by atoms with Crippen LogP contribution in [0.15, 0.2) is 78.3 Å². The molecule has 1 N–H and O–H groups in total. The summed E-state index contributed by atoms with van der Waals surface area (Å²) in [5.74, 6) is 0.245. The zero-order chi connectivity index (χ0) is 20.2. The predicted octanol–water partition coefficient (Wildman–Crippen LogP) is 5.18. The van der Waals surface area contributed by atoms with Crippen LogP contribution in [-0.4, -0.2) is 26.9 Å². The van der Waals surface area contributed by atoms with Crippen LogP contribution < -0.4 is 0 Å². The number of hydrogen-bond donors (Lipinski definition) is 1. The normalized spacial score (nSPS) is 11.4. The predicted molar refractivity (Wildman–Crippen MR) is 112 cm³/mol. The summed E-state index contributed by atoms with van der Waals surface area (Å²) in [6.07, 6.45) is 10.4. The maximum absolute atomic E-state index is 10.2. The van der Waals surface area contributed by atoms with Crippen molar-refractivity contribution in [2.24, 2.45) is 4.99 Å². The van der Waals surface area contributed by atoms with E-state index in [-0.39, 0.29) is 5.75 Å². The molecule has 0 radical (unpaired) electrons. The van der Waals surface area contributed by atoms with Crippen molar-refractivity contribution in [2.45, 2.75) is 19.9 Å². The average Bonchev–Trinajstić information content (AvgIpc) is 3.24. The Morgan fingerprint density at radius 3 is 2.61 bits per heavy atom. The minimum absolute atomic E-state index is 0.245. The van der Waals surface area contributed by atoms with Crippen LogP contribution in [0, 0.1) is 6.92 Å². The molecular formula is C22H23ClCuN3O. The van der Waals surface area contributed by atoms with Crippen molar-refractivity contribution < 1.29 is 20.2 Å². The topological polar surface area (TPSA) is 50.4 Å². The Morgan fingerprint density at radius 2 is 1.93 bits per heavy atom. The first-order valence-corrected chi connectivity index (χ1v) is 10.2. The van der Waals surface area contributed by atoms with E-state index in [1.165, 1.54) is 5.56 Å².